The van der Waals surface area contributed by atoms with Gasteiger partial charge < -0.3 is 9.97 Å². The molecule has 0 saturated heterocycles. The average Bonchev–Trinajstić information content (AvgIpc) is 3.73. The van der Waals surface area contributed by atoms with Crippen molar-refractivity contribution in [2.45, 2.75) is 79.6 Å². The van der Waals surface area contributed by atoms with Crippen molar-refractivity contribution in [3.05, 3.63) is 204 Å². The zero-order valence-electron chi connectivity index (χ0n) is 44.7. The summed E-state index contributed by atoms with van der Waals surface area (Å²) in [7, 11) is -2.13. The van der Waals surface area contributed by atoms with Gasteiger partial charge in [-0.05, 0) is 74.0 Å². The number of benzene rings is 6. The second kappa shape index (κ2) is 19.8. The van der Waals surface area contributed by atoms with E-state index in [0.717, 1.165) is 64.8 Å². The van der Waals surface area contributed by atoms with Crippen LogP contribution in [0.2, 0.25) is 13.1 Å². The molecular formula is C59H58IrN2SSi-2. The fourth-order valence-electron chi connectivity index (χ4n) is 8.10. The third-order valence-corrected chi connectivity index (χ3v) is 16.3. The van der Waals surface area contributed by atoms with Crippen LogP contribution in [-0.2, 0) is 26.5 Å². The molecule has 64 heavy (non-hydrogen) atoms. The van der Waals surface area contributed by atoms with Crippen molar-refractivity contribution >= 4 is 50.0 Å². The Morgan fingerprint density at radius 3 is 2.09 bits per heavy atom. The number of pyridine rings is 2. The third-order valence-electron chi connectivity index (χ3n) is 11.5. The summed E-state index contributed by atoms with van der Waals surface area (Å²) in [6, 6.07) is 57.3. The Morgan fingerprint density at radius 2 is 1.41 bits per heavy atom. The molecule has 0 aliphatic heterocycles. The summed E-state index contributed by atoms with van der Waals surface area (Å²) in [6.45, 7) is 13.3. The van der Waals surface area contributed by atoms with Crippen LogP contribution < -0.4 is 10.4 Å². The maximum atomic E-state index is 9.55. The van der Waals surface area contributed by atoms with Crippen LogP contribution in [-0.4, -0.2) is 18.0 Å². The van der Waals surface area contributed by atoms with Crippen molar-refractivity contribution in [2.24, 2.45) is 5.41 Å². The van der Waals surface area contributed by atoms with E-state index >= 15 is 0 Å². The van der Waals surface area contributed by atoms with Gasteiger partial charge in [-0.15, -0.1) is 53.1 Å². The van der Waals surface area contributed by atoms with Gasteiger partial charge in [0.05, 0.1) is 0 Å². The Bertz CT molecular complexity index is 3310. The summed E-state index contributed by atoms with van der Waals surface area (Å²) < 4.78 is 61.9. The molecule has 0 aliphatic carbocycles. The van der Waals surface area contributed by atoms with Crippen molar-refractivity contribution in [3.63, 3.8) is 0 Å². The largest absolute Gasteiger partial charge is 0.305 e. The van der Waals surface area contributed by atoms with Gasteiger partial charge in [0, 0.05) is 52.7 Å². The molecule has 9 rings (SSSR count). The molecule has 0 saturated carbocycles. The second-order valence-corrected chi connectivity index (χ2v) is 23.2. The van der Waals surface area contributed by atoms with Crippen LogP contribution >= 0.6 is 11.3 Å². The number of nitrogens with zero attached hydrogens (tertiary/aromatic N) is 2. The smallest absolute Gasteiger partial charge is 0.114 e. The fourth-order valence-corrected chi connectivity index (χ4v) is 12.0. The number of aryl methyl sites for hydroxylation is 1. The number of hydrogen-bond donors (Lipinski definition) is 0. The summed E-state index contributed by atoms with van der Waals surface area (Å²) in [5, 5.41) is 4.72. The van der Waals surface area contributed by atoms with Crippen molar-refractivity contribution < 1.29 is 29.7 Å². The number of rotatable bonds is 9. The summed E-state index contributed by atoms with van der Waals surface area (Å²) in [6.07, 6.45) is 1.42. The molecule has 6 aromatic carbocycles. The maximum absolute atomic E-state index is 9.55. The Balaban J connectivity index is 0.000000206. The first-order valence-electron chi connectivity index (χ1n) is 25.0. The van der Waals surface area contributed by atoms with E-state index in [9.17, 15) is 1.37 Å². The van der Waals surface area contributed by atoms with Gasteiger partial charge in [-0.2, -0.15) is 11.3 Å². The first kappa shape index (κ1) is 38.0. The van der Waals surface area contributed by atoms with E-state index in [2.05, 4.69) is 84.8 Å². The Morgan fingerprint density at radius 1 is 0.750 bits per heavy atom. The van der Waals surface area contributed by atoms with Gasteiger partial charge in [0.15, 0.2) is 0 Å². The fraction of sp³-hybridized carbons (Fsp3) is 0.220. The Labute approximate surface area is 410 Å². The van der Waals surface area contributed by atoms with E-state index < -0.39 is 38.5 Å². The van der Waals surface area contributed by atoms with E-state index in [1.807, 2.05) is 118 Å². The normalized spacial score (nSPS) is 14.8. The molecule has 1 unspecified atom stereocenters. The molecule has 0 amide bonds. The predicted octanol–water partition coefficient (Wildman–Crippen LogP) is 15.1. The van der Waals surface area contributed by atoms with Crippen LogP contribution in [0.5, 0.6) is 0 Å². The molecule has 5 heteroatoms. The quantitative estimate of drug-likeness (QED) is 0.106. The molecule has 0 N–H and O–H groups in total. The van der Waals surface area contributed by atoms with Crippen molar-refractivity contribution in [1.29, 1.82) is 0 Å². The average molecular weight is 1050 g/mol. The minimum absolute atomic E-state index is 0. The molecule has 1 atom stereocenters. The molecule has 325 valence electrons. The number of hydrogen-bond acceptors (Lipinski definition) is 3. The van der Waals surface area contributed by atoms with Crippen LogP contribution in [0.3, 0.4) is 0 Å². The van der Waals surface area contributed by atoms with E-state index in [0.29, 0.717) is 5.69 Å². The van der Waals surface area contributed by atoms with Crippen molar-refractivity contribution in [3.8, 4) is 33.6 Å². The van der Waals surface area contributed by atoms with Crippen LogP contribution in [0.15, 0.2) is 164 Å². The molecule has 0 bridgehead atoms. The van der Waals surface area contributed by atoms with Crippen LogP contribution in [0.1, 0.15) is 90.7 Å². The number of aromatic nitrogens is 2. The summed E-state index contributed by atoms with van der Waals surface area (Å²) in [4.78, 5) is 9.43. The number of fused-ring (bicyclic) bond motifs is 3. The first-order chi connectivity index (χ1) is 32.9. The van der Waals surface area contributed by atoms with Gasteiger partial charge in [0.1, 0.15) is 8.07 Å². The molecule has 9 aromatic rings. The summed E-state index contributed by atoms with van der Waals surface area (Å²) in [5.41, 5.74) is 7.19. The Kier molecular flexibility index (Phi) is 11.8. The van der Waals surface area contributed by atoms with E-state index in [4.69, 9.17) is 13.2 Å². The van der Waals surface area contributed by atoms with Crippen molar-refractivity contribution in [1.82, 2.24) is 9.97 Å². The minimum Gasteiger partial charge on any atom is -0.305 e. The predicted molar refractivity (Wildman–Crippen MR) is 274 cm³/mol. The second-order valence-electron chi connectivity index (χ2n) is 17.8. The van der Waals surface area contributed by atoms with E-state index in [1.54, 1.807) is 38.2 Å². The molecule has 3 heterocycles. The molecule has 0 aliphatic rings. The standard InChI is InChI=1S/C30H32NSi.C29H26NS.Ir/c1-22(2)25-15-12-16-26(19-25)29-20-28(23(3)24-13-8-6-9-14-24)30(21-31-29)32(4,5)27-17-10-7-11-18-27;1-19-18-30-25(16-21(19)17-29(2,3)4)23-15-14-22(20-10-6-5-7-11-20)27-24-12-8-9-13-26(24)31-28(23)27;/h6-15,17-23H,1-5H3;5-14,16,18H,17H2,1-4H3;/q2*-1;/i22D,23D;1D3,17D2;. The third kappa shape index (κ3) is 10.1. The summed E-state index contributed by atoms with van der Waals surface area (Å²) in [5.74, 6) is -1.65. The first-order valence-corrected chi connectivity index (χ1v) is 25.3. The summed E-state index contributed by atoms with van der Waals surface area (Å²) >= 11 is 1.64. The molecule has 0 fully saturated rings. The SMILES string of the molecule is [2H]C(C)(C)c1cc[c-]c(-c2cc(C([2H])(C)c3ccccc3)c([Si](C)(C)c3ccccc3)cn2)c1.[2H]C([2H])([2H])c1cnc(-c2[c-]cc(-c3ccccc3)c3c2sc2ccccc23)cc1C([2H])([2H])C(C)(C)C.[Ir]. The molecule has 2 nitrogen and oxygen atoms in total. The van der Waals surface area contributed by atoms with E-state index in [-0.39, 0.29) is 31.2 Å². The molecule has 1 radical (unpaired) electrons. The zero-order chi connectivity index (χ0) is 50.4. The number of thiophene rings is 1. The maximum Gasteiger partial charge on any atom is 0.114 e. The van der Waals surface area contributed by atoms with Gasteiger partial charge in [0.2, 0.25) is 0 Å². The van der Waals surface area contributed by atoms with Gasteiger partial charge in [0.25, 0.3) is 0 Å². The minimum atomic E-state index is -2.48. The molecule has 0 spiro atoms. The monoisotopic (exact) mass is 1050 g/mol. The van der Waals surface area contributed by atoms with Crippen LogP contribution in [0.25, 0.3) is 53.8 Å². The molecule has 3 aromatic heterocycles. The van der Waals surface area contributed by atoms with Gasteiger partial charge in [-0.25, -0.2) is 0 Å². The zero-order valence-corrected chi connectivity index (χ0v) is 41.9. The van der Waals surface area contributed by atoms with Gasteiger partial charge in [-0.3, -0.25) is 0 Å². The van der Waals surface area contributed by atoms with E-state index in [1.165, 1.54) is 16.6 Å². The van der Waals surface area contributed by atoms with Crippen molar-refractivity contribution in [2.75, 3.05) is 0 Å². The van der Waals surface area contributed by atoms with Crippen LogP contribution in [0, 0.1) is 24.4 Å². The van der Waals surface area contributed by atoms with Gasteiger partial charge >= 0.3 is 0 Å². The van der Waals surface area contributed by atoms with Crippen LogP contribution in [0.4, 0.5) is 0 Å². The topological polar surface area (TPSA) is 25.8 Å². The molecular weight excluding hydrogens is 989 g/mol. The Hall–Kier alpha value is -5.29. The van der Waals surface area contributed by atoms with Gasteiger partial charge in [-0.1, -0.05) is 203 Å².